The minimum Gasteiger partial charge on any atom is -0.458 e. The van der Waals surface area contributed by atoms with Gasteiger partial charge in [-0.3, -0.25) is 20.2 Å². The second-order valence-electron chi connectivity index (χ2n) is 4.13. The maximum absolute atomic E-state index is 10.8. The molecular formula is C12H10N2O6. The molecule has 104 valence electrons. The molecule has 1 atom stereocenters. The van der Waals surface area contributed by atoms with E-state index in [-0.39, 0.29) is 17.1 Å². The minimum atomic E-state index is -0.836. The zero-order chi connectivity index (χ0) is 14.9. The Morgan fingerprint density at radius 3 is 2.05 bits per heavy atom. The third kappa shape index (κ3) is 2.64. The van der Waals surface area contributed by atoms with Crippen molar-refractivity contribution in [1.82, 2.24) is 0 Å². The molecule has 1 aromatic heterocycles. The summed E-state index contributed by atoms with van der Waals surface area (Å²) in [6, 6.07) is 6.23. The molecule has 1 heterocycles. The van der Waals surface area contributed by atoms with Crippen molar-refractivity contribution in [3.63, 3.8) is 0 Å². The van der Waals surface area contributed by atoms with E-state index >= 15 is 0 Å². The fourth-order valence-electron chi connectivity index (χ4n) is 1.68. The fourth-order valence-corrected chi connectivity index (χ4v) is 1.68. The number of hydrogen-bond acceptors (Lipinski definition) is 6. The summed E-state index contributed by atoms with van der Waals surface area (Å²) < 4.78 is 5.31. The summed E-state index contributed by atoms with van der Waals surface area (Å²) in [4.78, 5) is 20.1. The Kier molecular flexibility index (Phi) is 3.49. The molecule has 0 radical (unpaired) electrons. The molecule has 1 unspecified atom stereocenters. The molecule has 0 saturated heterocycles. The van der Waals surface area contributed by atoms with Crippen molar-refractivity contribution >= 4 is 11.4 Å². The largest absolute Gasteiger partial charge is 0.458 e. The second kappa shape index (κ2) is 5.10. The summed E-state index contributed by atoms with van der Waals surface area (Å²) >= 11 is 0. The van der Waals surface area contributed by atoms with Gasteiger partial charge in [0.15, 0.2) is 0 Å². The number of nitro benzene ring substituents is 2. The van der Waals surface area contributed by atoms with Gasteiger partial charge in [0, 0.05) is 17.7 Å². The molecule has 1 N–H and O–H groups in total. The van der Waals surface area contributed by atoms with Crippen LogP contribution in [0.5, 0.6) is 0 Å². The van der Waals surface area contributed by atoms with Gasteiger partial charge in [0.2, 0.25) is 0 Å². The van der Waals surface area contributed by atoms with Crippen LogP contribution in [-0.2, 0) is 0 Å². The number of hydrogen-bond donors (Lipinski definition) is 1. The van der Waals surface area contributed by atoms with Crippen molar-refractivity contribution in [2.45, 2.75) is 13.0 Å². The van der Waals surface area contributed by atoms with Crippen molar-refractivity contribution in [3.8, 4) is 11.3 Å². The molecule has 0 fully saturated rings. The maximum atomic E-state index is 10.8. The lowest BCUT2D eigenvalue weighted by atomic mass is 10.1. The normalized spacial score (nSPS) is 12.1. The first-order valence-corrected chi connectivity index (χ1v) is 5.60. The van der Waals surface area contributed by atoms with E-state index in [1.165, 1.54) is 31.2 Å². The van der Waals surface area contributed by atoms with Crippen LogP contribution in [0, 0.1) is 20.2 Å². The van der Waals surface area contributed by atoms with Crippen LogP contribution >= 0.6 is 0 Å². The van der Waals surface area contributed by atoms with Crippen molar-refractivity contribution < 1.29 is 19.4 Å². The number of nitro groups is 2. The van der Waals surface area contributed by atoms with Crippen molar-refractivity contribution in [2.75, 3.05) is 0 Å². The van der Waals surface area contributed by atoms with Crippen LogP contribution in [0.25, 0.3) is 11.3 Å². The molecule has 0 aliphatic carbocycles. The number of rotatable bonds is 4. The molecular weight excluding hydrogens is 268 g/mol. The van der Waals surface area contributed by atoms with Gasteiger partial charge in [-0.2, -0.15) is 0 Å². The molecule has 0 amide bonds. The summed E-state index contributed by atoms with van der Waals surface area (Å²) in [5, 5.41) is 30.9. The summed E-state index contributed by atoms with van der Waals surface area (Å²) in [5.74, 6) is 0.488. The summed E-state index contributed by atoms with van der Waals surface area (Å²) in [6.07, 6.45) is -0.836. The Morgan fingerprint density at radius 1 is 1.10 bits per heavy atom. The SMILES string of the molecule is CC(O)c1ccc(-c2cc([N+](=O)[O-])cc([N+](=O)[O-])c2)o1. The first-order valence-electron chi connectivity index (χ1n) is 5.60. The average molecular weight is 278 g/mol. The highest BCUT2D eigenvalue weighted by molar-refractivity contribution is 5.65. The molecule has 2 aromatic rings. The van der Waals surface area contributed by atoms with Crippen molar-refractivity contribution in [1.29, 1.82) is 0 Å². The van der Waals surface area contributed by atoms with Gasteiger partial charge in [-0.15, -0.1) is 0 Å². The van der Waals surface area contributed by atoms with Gasteiger partial charge in [-0.25, -0.2) is 0 Å². The van der Waals surface area contributed by atoms with Crippen LogP contribution in [0.1, 0.15) is 18.8 Å². The number of non-ortho nitro benzene ring substituents is 2. The van der Waals surface area contributed by atoms with Crippen molar-refractivity contribution in [2.24, 2.45) is 0 Å². The number of benzene rings is 1. The lowest BCUT2D eigenvalue weighted by molar-refractivity contribution is -0.394. The van der Waals surface area contributed by atoms with Crippen LogP contribution in [0.4, 0.5) is 11.4 Å². The van der Waals surface area contributed by atoms with Crippen LogP contribution in [0.3, 0.4) is 0 Å². The molecule has 8 nitrogen and oxygen atoms in total. The zero-order valence-electron chi connectivity index (χ0n) is 10.3. The van der Waals surface area contributed by atoms with Gasteiger partial charge < -0.3 is 9.52 Å². The van der Waals surface area contributed by atoms with Crippen LogP contribution < -0.4 is 0 Å². The smallest absolute Gasteiger partial charge is 0.277 e. The van der Waals surface area contributed by atoms with Crippen molar-refractivity contribution in [3.05, 3.63) is 56.3 Å². The van der Waals surface area contributed by atoms with E-state index in [1.807, 2.05) is 0 Å². The molecule has 20 heavy (non-hydrogen) atoms. The zero-order valence-corrected chi connectivity index (χ0v) is 10.3. The van der Waals surface area contributed by atoms with Gasteiger partial charge in [0.1, 0.15) is 17.6 Å². The van der Waals surface area contributed by atoms with E-state index < -0.39 is 27.3 Å². The molecule has 0 saturated carbocycles. The Hall–Kier alpha value is -2.74. The lowest BCUT2D eigenvalue weighted by Gasteiger charge is -2.00. The third-order valence-electron chi connectivity index (χ3n) is 2.65. The lowest BCUT2D eigenvalue weighted by Crippen LogP contribution is -1.93. The Morgan fingerprint density at radius 2 is 1.65 bits per heavy atom. The molecule has 0 aliphatic heterocycles. The first kappa shape index (κ1) is 13.7. The van der Waals surface area contributed by atoms with Crippen LogP contribution in [0.15, 0.2) is 34.7 Å². The van der Waals surface area contributed by atoms with Gasteiger partial charge in [0.25, 0.3) is 11.4 Å². The van der Waals surface area contributed by atoms with Crippen LogP contribution in [-0.4, -0.2) is 15.0 Å². The van der Waals surface area contributed by atoms with E-state index in [2.05, 4.69) is 0 Å². The molecule has 1 aromatic carbocycles. The quantitative estimate of drug-likeness (QED) is 0.678. The molecule has 0 spiro atoms. The fraction of sp³-hybridized carbons (Fsp3) is 0.167. The van der Waals surface area contributed by atoms with Crippen LogP contribution in [0.2, 0.25) is 0 Å². The predicted molar refractivity (Wildman–Crippen MR) is 68.1 cm³/mol. The summed E-state index contributed by atoms with van der Waals surface area (Å²) in [6.45, 7) is 1.50. The number of nitrogens with zero attached hydrogens (tertiary/aromatic N) is 2. The standard InChI is InChI=1S/C12H10N2O6/c1-7(15)11-2-3-12(20-11)8-4-9(13(16)17)6-10(5-8)14(18)19/h2-7,15H,1H3. The summed E-state index contributed by atoms with van der Waals surface area (Å²) in [5.41, 5.74) is -0.591. The van der Waals surface area contributed by atoms with Gasteiger partial charge in [-0.1, -0.05) is 0 Å². The monoisotopic (exact) mass is 278 g/mol. The minimum absolute atomic E-state index is 0.206. The highest BCUT2D eigenvalue weighted by Gasteiger charge is 2.19. The molecule has 8 heteroatoms. The second-order valence-corrected chi connectivity index (χ2v) is 4.13. The van der Waals surface area contributed by atoms with E-state index in [0.29, 0.717) is 0 Å². The first-order chi connectivity index (χ1) is 9.38. The third-order valence-corrected chi connectivity index (χ3v) is 2.65. The Labute approximate surface area is 112 Å². The van der Waals surface area contributed by atoms with Gasteiger partial charge >= 0.3 is 0 Å². The molecule has 2 rings (SSSR count). The van der Waals surface area contributed by atoms with Gasteiger partial charge in [-0.05, 0) is 19.1 Å². The van der Waals surface area contributed by atoms with E-state index in [1.54, 1.807) is 0 Å². The van der Waals surface area contributed by atoms with E-state index in [0.717, 1.165) is 6.07 Å². The topological polar surface area (TPSA) is 120 Å². The molecule has 0 aliphatic rings. The Balaban J connectivity index is 2.54. The molecule has 0 bridgehead atoms. The summed E-state index contributed by atoms with van der Waals surface area (Å²) in [7, 11) is 0. The maximum Gasteiger partial charge on any atom is 0.277 e. The highest BCUT2D eigenvalue weighted by atomic mass is 16.6. The van der Waals surface area contributed by atoms with E-state index in [4.69, 9.17) is 4.42 Å². The average Bonchev–Trinajstić information content (AvgIpc) is 2.87. The predicted octanol–water partition coefficient (Wildman–Crippen LogP) is 2.82. The number of furan rings is 1. The highest BCUT2D eigenvalue weighted by Crippen LogP contribution is 2.31. The van der Waals surface area contributed by atoms with E-state index in [9.17, 15) is 25.3 Å². The number of aliphatic hydroxyl groups is 1. The number of aliphatic hydroxyl groups excluding tert-OH is 1. The Bertz CT molecular complexity index is 644. The van der Waals surface area contributed by atoms with Gasteiger partial charge in [0.05, 0.1) is 15.9 Å².